The van der Waals surface area contributed by atoms with E-state index in [0.29, 0.717) is 13.0 Å². The highest BCUT2D eigenvalue weighted by atomic mass is 16.5. The molecule has 1 amide bonds. The Morgan fingerprint density at radius 2 is 1.97 bits per heavy atom. The first-order valence-electron chi connectivity index (χ1n) is 11.1. The fourth-order valence-electron chi connectivity index (χ4n) is 4.54. The van der Waals surface area contributed by atoms with Crippen molar-refractivity contribution in [3.8, 4) is 5.75 Å². The molecule has 2 aromatic rings. The van der Waals surface area contributed by atoms with Crippen LogP contribution in [0.5, 0.6) is 5.75 Å². The summed E-state index contributed by atoms with van der Waals surface area (Å²) in [4.78, 5) is 24.6. The minimum Gasteiger partial charge on any atom is -0.494 e. The molecule has 0 radical (unpaired) electrons. The maximum atomic E-state index is 12.8. The molecule has 1 aliphatic heterocycles. The lowest BCUT2D eigenvalue weighted by molar-refractivity contribution is -0.121. The van der Waals surface area contributed by atoms with Crippen LogP contribution in [0.25, 0.3) is 0 Å². The van der Waals surface area contributed by atoms with Crippen LogP contribution in [0.3, 0.4) is 0 Å². The molecule has 4 rings (SSSR count). The fourth-order valence-corrected chi connectivity index (χ4v) is 4.54. The number of rotatable bonds is 6. The molecule has 160 valence electrons. The molecule has 0 saturated carbocycles. The van der Waals surface area contributed by atoms with E-state index in [2.05, 4.69) is 29.0 Å². The number of ether oxygens (including phenoxy) is 1. The summed E-state index contributed by atoms with van der Waals surface area (Å²) in [6.07, 6.45) is 6.50. The van der Waals surface area contributed by atoms with Gasteiger partial charge in [-0.3, -0.25) is 4.79 Å². The van der Waals surface area contributed by atoms with Crippen molar-refractivity contribution >= 4 is 11.9 Å². The molecule has 1 N–H and O–H groups in total. The molecule has 0 bridgehead atoms. The number of carbonyl (C=O) groups excluding carboxylic acids is 1. The molecule has 2 heterocycles. The summed E-state index contributed by atoms with van der Waals surface area (Å²) in [7, 11) is 0. The number of nitrogens with zero attached hydrogens (tertiary/aromatic N) is 3. The molecule has 0 spiro atoms. The normalized spacial score (nSPS) is 20.0. The van der Waals surface area contributed by atoms with Gasteiger partial charge in [0.15, 0.2) is 0 Å². The number of hydrogen-bond acceptors (Lipinski definition) is 5. The summed E-state index contributed by atoms with van der Waals surface area (Å²) in [5.74, 6) is 1.69. The Labute approximate surface area is 179 Å². The Morgan fingerprint density at radius 3 is 2.67 bits per heavy atom. The van der Waals surface area contributed by atoms with Gasteiger partial charge in [0.25, 0.3) is 0 Å². The van der Waals surface area contributed by atoms with Gasteiger partial charge in [-0.05, 0) is 55.7 Å². The maximum Gasteiger partial charge on any atom is 0.225 e. The number of anilines is 1. The Hall–Kier alpha value is -2.63. The molecule has 6 heteroatoms. The van der Waals surface area contributed by atoms with Crippen molar-refractivity contribution in [2.45, 2.75) is 58.9 Å². The van der Waals surface area contributed by atoms with Gasteiger partial charge in [0.05, 0.1) is 24.8 Å². The van der Waals surface area contributed by atoms with Crippen LogP contribution < -0.4 is 15.0 Å². The molecule has 1 atom stereocenters. The van der Waals surface area contributed by atoms with Crippen molar-refractivity contribution in [2.24, 2.45) is 5.41 Å². The van der Waals surface area contributed by atoms with Gasteiger partial charge in [0.2, 0.25) is 11.9 Å². The third-order valence-corrected chi connectivity index (χ3v) is 5.99. The zero-order valence-electron chi connectivity index (χ0n) is 18.3. The largest absolute Gasteiger partial charge is 0.494 e. The van der Waals surface area contributed by atoms with Crippen LogP contribution in [0.1, 0.15) is 62.9 Å². The number of carbonyl (C=O) groups is 1. The average molecular weight is 409 g/mol. The van der Waals surface area contributed by atoms with Crippen LogP contribution in [0.4, 0.5) is 5.95 Å². The molecule has 2 aliphatic rings. The van der Waals surface area contributed by atoms with Gasteiger partial charge in [0.1, 0.15) is 5.75 Å². The third kappa shape index (κ3) is 4.74. The predicted molar refractivity (Wildman–Crippen MR) is 118 cm³/mol. The summed E-state index contributed by atoms with van der Waals surface area (Å²) >= 11 is 0. The number of hydrogen-bond donors (Lipinski definition) is 1. The van der Waals surface area contributed by atoms with Gasteiger partial charge in [-0.25, -0.2) is 9.97 Å². The van der Waals surface area contributed by atoms with Crippen molar-refractivity contribution in [3.05, 3.63) is 47.3 Å². The van der Waals surface area contributed by atoms with Gasteiger partial charge >= 0.3 is 0 Å². The smallest absolute Gasteiger partial charge is 0.225 e. The van der Waals surface area contributed by atoms with Gasteiger partial charge in [0, 0.05) is 24.8 Å². The molecular weight excluding hydrogens is 376 g/mol. The molecule has 1 fully saturated rings. The minimum atomic E-state index is -0.0495. The predicted octanol–water partition coefficient (Wildman–Crippen LogP) is 3.85. The second kappa shape index (κ2) is 8.62. The van der Waals surface area contributed by atoms with Gasteiger partial charge in [-0.15, -0.1) is 0 Å². The van der Waals surface area contributed by atoms with E-state index in [-0.39, 0.29) is 17.4 Å². The van der Waals surface area contributed by atoms with E-state index in [1.54, 1.807) is 0 Å². The molecule has 1 saturated heterocycles. The summed E-state index contributed by atoms with van der Waals surface area (Å²) in [5.41, 5.74) is 3.21. The number of fused-ring (bicyclic) bond motifs is 1. The Bertz CT molecular complexity index is 889. The molecule has 1 aromatic heterocycles. The molecule has 6 nitrogen and oxygen atoms in total. The first kappa shape index (κ1) is 20.6. The summed E-state index contributed by atoms with van der Waals surface area (Å²) in [5, 5.41) is 3.24. The topological polar surface area (TPSA) is 67.3 Å². The van der Waals surface area contributed by atoms with Crippen LogP contribution in [-0.2, 0) is 17.6 Å². The quantitative estimate of drug-likeness (QED) is 0.786. The van der Waals surface area contributed by atoms with Crippen molar-refractivity contribution in [3.63, 3.8) is 0 Å². The summed E-state index contributed by atoms with van der Waals surface area (Å²) < 4.78 is 5.48. The van der Waals surface area contributed by atoms with Crippen molar-refractivity contribution in [1.29, 1.82) is 0 Å². The lowest BCUT2D eigenvalue weighted by Gasteiger charge is -2.36. The van der Waals surface area contributed by atoms with Gasteiger partial charge in [-0.2, -0.15) is 0 Å². The first-order valence-corrected chi connectivity index (χ1v) is 11.1. The number of aromatic nitrogens is 2. The van der Waals surface area contributed by atoms with E-state index in [1.807, 2.05) is 37.4 Å². The standard InChI is InChI=1S/C24H32N4O2/c1-4-30-18-9-7-17(8-10-18)13-22(29)26-20-14-24(2,3)15-21-19(20)16-25-23(27-21)28-11-5-6-12-28/h7-10,16,20H,4-6,11-15H2,1-3H3,(H,26,29). The summed E-state index contributed by atoms with van der Waals surface area (Å²) in [6.45, 7) is 9.16. The van der Waals surface area contributed by atoms with E-state index in [1.165, 1.54) is 12.8 Å². The molecule has 30 heavy (non-hydrogen) atoms. The molecule has 1 aromatic carbocycles. The average Bonchev–Trinajstić information content (AvgIpc) is 3.23. The van der Waals surface area contributed by atoms with Crippen molar-refractivity contribution in [2.75, 3.05) is 24.6 Å². The van der Waals surface area contributed by atoms with Crippen LogP contribution in [-0.4, -0.2) is 35.6 Å². The van der Waals surface area contributed by atoms with Crippen LogP contribution in [0.2, 0.25) is 0 Å². The highest BCUT2D eigenvalue weighted by molar-refractivity contribution is 5.79. The van der Waals surface area contributed by atoms with Gasteiger partial charge < -0.3 is 15.0 Å². The van der Waals surface area contributed by atoms with E-state index < -0.39 is 0 Å². The molecular formula is C24H32N4O2. The van der Waals surface area contributed by atoms with E-state index in [9.17, 15) is 4.79 Å². The lowest BCUT2D eigenvalue weighted by Crippen LogP contribution is -2.38. The lowest BCUT2D eigenvalue weighted by atomic mass is 9.74. The highest BCUT2D eigenvalue weighted by Gasteiger charge is 2.35. The van der Waals surface area contributed by atoms with Crippen molar-refractivity contribution in [1.82, 2.24) is 15.3 Å². The second-order valence-corrected chi connectivity index (χ2v) is 9.19. The van der Waals surface area contributed by atoms with Crippen LogP contribution in [0.15, 0.2) is 30.5 Å². The second-order valence-electron chi connectivity index (χ2n) is 9.19. The van der Waals surface area contributed by atoms with Crippen LogP contribution >= 0.6 is 0 Å². The SMILES string of the molecule is CCOc1ccc(CC(=O)NC2CC(C)(C)Cc3nc(N4CCCC4)ncc32)cc1. The minimum absolute atomic E-state index is 0.0245. The van der Waals surface area contributed by atoms with Crippen LogP contribution in [0, 0.1) is 5.41 Å². The fraction of sp³-hybridized carbons (Fsp3) is 0.542. The van der Waals surface area contributed by atoms with E-state index >= 15 is 0 Å². The number of benzene rings is 1. The van der Waals surface area contributed by atoms with Gasteiger partial charge in [-0.1, -0.05) is 26.0 Å². The highest BCUT2D eigenvalue weighted by Crippen LogP contribution is 2.40. The first-order chi connectivity index (χ1) is 14.4. The Balaban J connectivity index is 1.47. The summed E-state index contributed by atoms with van der Waals surface area (Å²) in [6, 6.07) is 7.69. The zero-order valence-corrected chi connectivity index (χ0v) is 18.3. The number of nitrogens with one attached hydrogen (secondary N) is 1. The van der Waals surface area contributed by atoms with E-state index in [4.69, 9.17) is 9.72 Å². The number of amides is 1. The molecule has 1 unspecified atom stereocenters. The zero-order chi connectivity index (χ0) is 21.1. The van der Waals surface area contributed by atoms with E-state index in [0.717, 1.165) is 54.4 Å². The third-order valence-electron chi connectivity index (χ3n) is 5.99. The molecule has 1 aliphatic carbocycles. The Kier molecular flexibility index (Phi) is 5.93. The van der Waals surface area contributed by atoms with Crippen molar-refractivity contribution < 1.29 is 9.53 Å². The maximum absolute atomic E-state index is 12.8. The Morgan fingerprint density at radius 1 is 1.23 bits per heavy atom. The monoisotopic (exact) mass is 408 g/mol.